The highest BCUT2D eigenvalue weighted by Crippen LogP contribution is 2.10. The first-order valence-electron chi connectivity index (χ1n) is 8.15. The zero-order valence-electron chi connectivity index (χ0n) is 15.2. The van der Waals surface area contributed by atoms with Gasteiger partial charge in [0, 0.05) is 50.2 Å². The molecule has 26 heavy (non-hydrogen) atoms. The lowest BCUT2D eigenvalue weighted by molar-refractivity contribution is -0.116. The van der Waals surface area contributed by atoms with Crippen molar-refractivity contribution in [2.24, 2.45) is 4.99 Å². The van der Waals surface area contributed by atoms with Gasteiger partial charge >= 0.3 is 0 Å². The number of hydrogen-bond acceptors (Lipinski definition) is 5. The largest absolute Gasteiger partial charge is 0.356 e. The van der Waals surface area contributed by atoms with Gasteiger partial charge in [-0.3, -0.25) is 9.79 Å². The number of nitrogens with zero attached hydrogens (tertiary/aromatic N) is 3. The second-order valence-corrected chi connectivity index (χ2v) is 6.88. The van der Waals surface area contributed by atoms with Crippen LogP contribution >= 0.6 is 35.3 Å². The van der Waals surface area contributed by atoms with Crippen LogP contribution in [-0.4, -0.2) is 42.0 Å². The summed E-state index contributed by atoms with van der Waals surface area (Å²) in [5.74, 6) is 1.16. The monoisotopic (exact) mass is 488 g/mol. The molecule has 1 amide bonds. The lowest BCUT2D eigenvalue weighted by atomic mass is 10.3. The molecule has 0 aliphatic rings. The zero-order valence-corrected chi connectivity index (χ0v) is 18.4. The third-order valence-corrected chi connectivity index (χ3v) is 4.32. The minimum Gasteiger partial charge on any atom is -0.356 e. The van der Waals surface area contributed by atoms with Crippen LogP contribution in [0.1, 0.15) is 21.9 Å². The fourth-order valence-electron chi connectivity index (χ4n) is 2.07. The van der Waals surface area contributed by atoms with E-state index in [1.807, 2.05) is 26.1 Å². The summed E-state index contributed by atoms with van der Waals surface area (Å²) in [5, 5.41) is 10.2. The van der Waals surface area contributed by atoms with Crippen LogP contribution in [0.2, 0.25) is 0 Å². The van der Waals surface area contributed by atoms with Gasteiger partial charge in [0.15, 0.2) is 5.96 Å². The molecule has 0 unspecified atom stereocenters. The Bertz CT molecular complexity index is 716. The zero-order chi connectivity index (χ0) is 18.1. The maximum atomic E-state index is 11.9. The van der Waals surface area contributed by atoms with Crippen molar-refractivity contribution in [3.63, 3.8) is 0 Å². The van der Waals surface area contributed by atoms with Crippen LogP contribution in [0.4, 0.5) is 5.82 Å². The average molecular weight is 488 g/mol. The SMILES string of the molecule is CN=C(NCCC(=O)Nc1ccc(C)cn1)NCCc1ncc(C)s1.I. The summed E-state index contributed by atoms with van der Waals surface area (Å²) in [4.78, 5) is 25.8. The molecule has 2 aromatic heterocycles. The molecule has 3 N–H and O–H groups in total. The Hall–Kier alpha value is -1.75. The smallest absolute Gasteiger partial charge is 0.227 e. The molecule has 0 saturated heterocycles. The van der Waals surface area contributed by atoms with E-state index in [9.17, 15) is 4.79 Å². The maximum Gasteiger partial charge on any atom is 0.227 e. The number of anilines is 1. The van der Waals surface area contributed by atoms with Crippen molar-refractivity contribution in [2.45, 2.75) is 26.7 Å². The van der Waals surface area contributed by atoms with E-state index in [4.69, 9.17) is 0 Å². The Morgan fingerprint density at radius 3 is 2.54 bits per heavy atom. The van der Waals surface area contributed by atoms with E-state index >= 15 is 0 Å². The molecule has 0 aromatic carbocycles. The summed E-state index contributed by atoms with van der Waals surface area (Å²) in [7, 11) is 1.71. The number of amides is 1. The highest BCUT2D eigenvalue weighted by atomic mass is 127. The van der Waals surface area contributed by atoms with Crippen molar-refractivity contribution < 1.29 is 4.79 Å². The molecule has 0 bridgehead atoms. The van der Waals surface area contributed by atoms with Gasteiger partial charge in [0.2, 0.25) is 5.91 Å². The number of carbonyl (C=O) groups is 1. The fourth-order valence-corrected chi connectivity index (χ4v) is 2.85. The van der Waals surface area contributed by atoms with Gasteiger partial charge in [-0.2, -0.15) is 0 Å². The van der Waals surface area contributed by atoms with Crippen molar-refractivity contribution in [1.29, 1.82) is 0 Å². The van der Waals surface area contributed by atoms with Crippen molar-refractivity contribution in [3.05, 3.63) is 40.0 Å². The van der Waals surface area contributed by atoms with Crippen LogP contribution in [0.25, 0.3) is 0 Å². The second kappa shape index (κ2) is 11.8. The van der Waals surface area contributed by atoms with Crippen LogP contribution in [0.5, 0.6) is 0 Å². The molecule has 0 fully saturated rings. The molecule has 2 heterocycles. The van der Waals surface area contributed by atoms with E-state index in [0.29, 0.717) is 24.7 Å². The molecule has 0 spiro atoms. The van der Waals surface area contributed by atoms with Crippen LogP contribution in [0, 0.1) is 13.8 Å². The summed E-state index contributed by atoms with van der Waals surface area (Å²) in [6.07, 6.45) is 4.79. The number of aromatic nitrogens is 2. The molecule has 142 valence electrons. The Morgan fingerprint density at radius 1 is 1.15 bits per heavy atom. The van der Waals surface area contributed by atoms with Gasteiger partial charge in [-0.25, -0.2) is 9.97 Å². The Labute approximate surface area is 175 Å². The summed E-state index contributed by atoms with van der Waals surface area (Å²) < 4.78 is 0. The number of hydrogen-bond donors (Lipinski definition) is 3. The van der Waals surface area contributed by atoms with Gasteiger partial charge in [-0.05, 0) is 25.5 Å². The molecule has 7 nitrogen and oxygen atoms in total. The van der Waals surface area contributed by atoms with Crippen molar-refractivity contribution in [2.75, 3.05) is 25.5 Å². The first-order valence-corrected chi connectivity index (χ1v) is 8.97. The van der Waals surface area contributed by atoms with Gasteiger partial charge in [-0.1, -0.05) is 6.07 Å². The van der Waals surface area contributed by atoms with Crippen LogP contribution < -0.4 is 16.0 Å². The van der Waals surface area contributed by atoms with Crippen LogP contribution in [0.3, 0.4) is 0 Å². The van der Waals surface area contributed by atoms with Crippen molar-refractivity contribution in [3.8, 4) is 0 Å². The van der Waals surface area contributed by atoms with E-state index in [1.165, 1.54) is 4.88 Å². The molecule has 0 saturated carbocycles. The summed E-state index contributed by atoms with van der Waals surface area (Å²) >= 11 is 1.70. The van der Waals surface area contributed by atoms with Crippen molar-refractivity contribution >= 4 is 53.0 Å². The number of carbonyl (C=O) groups excluding carboxylic acids is 1. The van der Waals surface area contributed by atoms with Crippen molar-refractivity contribution in [1.82, 2.24) is 20.6 Å². The number of aliphatic imine (C=N–C) groups is 1. The van der Waals surface area contributed by atoms with Gasteiger partial charge in [0.1, 0.15) is 5.82 Å². The molecule has 2 rings (SSSR count). The minimum absolute atomic E-state index is 0. The maximum absolute atomic E-state index is 11.9. The van der Waals surface area contributed by atoms with Crippen LogP contribution in [-0.2, 0) is 11.2 Å². The van der Waals surface area contributed by atoms with Crippen LogP contribution in [0.15, 0.2) is 29.5 Å². The topological polar surface area (TPSA) is 91.3 Å². The fraction of sp³-hybridized carbons (Fsp3) is 0.412. The number of aryl methyl sites for hydroxylation is 2. The molecular formula is C17H25IN6OS. The summed E-state index contributed by atoms with van der Waals surface area (Å²) in [5.41, 5.74) is 1.06. The number of nitrogens with one attached hydrogen (secondary N) is 3. The molecule has 0 radical (unpaired) electrons. The molecule has 0 aliphatic heterocycles. The number of guanidine groups is 1. The number of pyridine rings is 1. The predicted molar refractivity (Wildman–Crippen MR) is 118 cm³/mol. The number of halogens is 1. The normalized spacial score (nSPS) is 10.8. The standard InChI is InChI=1S/C17H24N6OS.HI/c1-12-4-5-14(21-10-12)23-15(24)6-8-19-17(18-3)20-9-7-16-22-11-13(2)25-16;/h4-5,10-11H,6-9H2,1-3H3,(H2,18,19,20)(H,21,23,24);1H. The van der Waals surface area contributed by atoms with E-state index in [0.717, 1.165) is 23.5 Å². The summed E-state index contributed by atoms with van der Waals surface area (Å²) in [6.45, 7) is 5.24. The quantitative estimate of drug-likeness (QED) is 0.317. The Balaban J connectivity index is 0.00000338. The Morgan fingerprint density at radius 2 is 1.92 bits per heavy atom. The lowest BCUT2D eigenvalue weighted by Crippen LogP contribution is -2.39. The van der Waals surface area contributed by atoms with E-state index in [-0.39, 0.29) is 29.9 Å². The highest BCUT2D eigenvalue weighted by molar-refractivity contribution is 14.0. The van der Waals surface area contributed by atoms with E-state index in [2.05, 4.69) is 30.9 Å². The minimum atomic E-state index is -0.0856. The lowest BCUT2D eigenvalue weighted by Gasteiger charge is -2.11. The summed E-state index contributed by atoms with van der Waals surface area (Å²) in [6, 6.07) is 3.71. The van der Waals surface area contributed by atoms with E-state index in [1.54, 1.807) is 30.6 Å². The van der Waals surface area contributed by atoms with Gasteiger partial charge in [-0.15, -0.1) is 35.3 Å². The molecule has 0 aliphatic carbocycles. The molecule has 9 heteroatoms. The third-order valence-electron chi connectivity index (χ3n) is 3.35. The first kappa shape index (κ1) is 22.3. The molecule has 2 aromatic rings. The molecule has 0 atom stereocenters. The Kier molecular flexibility index (Phi) is 10.1. The number of rotatable bonds is 7. The highest BCUT2D eigenvalue weighted by Gasteiger charge is 2.05. The van der Waals surface area contributed by atoms with Gasteiger partial charge < -0.3 is 16.0 Å². The molecular weight excluding hydrogens is 463 g/mol. The predicted octanol–water partition coefficient (Wildman–Crippen LogP) is 2.51. The first-order chi connectivity index (χ1) is 12.1. The number of thiazole rings is 1. The third kappa shape index (κ3) is 8.09. The van der Waals surface area contributed by atoms with Gasteiger partial charge in [0.25, 0.3) is 0 Å². The second-order valence-electron chi connectivity index (χ2n) is 5.56. The average Bonchev–Trinajstić information content (AvgIpc) is 3.01. The van der Waals surface area contributed by atoms with Gasteiger partial charge in [0.05, 0.1) is 5.01 Å². The van der Waals surface area contributed by atoms with E-state index < -0.39 is 0 Å².